The van der Waals surface area contributed by atoms with E-state index < -0.39 is 18.1 Å². The number of benzene rings is 2. The first-order chi connectivity index (χ1) is 17.0. The van der Waals surface area contributed by atoms with Crippen LogP contribution in [0.5, 0.6) is 0 Å². The second kappa shape index (κ2) is 11.6. The van der Waals surface area contributed by atoms with Gasteiger partial charge in [0.2, 0.25) is 5.91 Å². The minimum Gasteiger partial charge on any atom is -0.472 e. The average Bonchev–Trinajstić information content (AvgIpc) is 3.19. The highest BCUT2D eigenvalue weighted by Crippen LogP contribution is 2.44. The highest BCUT2D eigenvalue weighted by molar-refractivity contribution is 5.87. The predicted octanol–water partition coefficient (Wildman–Crippen LogP) is 4.07. The summed E-state index contributed by atoms with van der Waals surface area (Å²) < 4.78 is 5.63. The smallest absolute Gasteiger partial charge is 0.407 e. The van der Waals surface area contributed by atoms with E-state index in [2.05, 4.69) is 40.8 Å². The van der Waals surface area contributed by atoms with Crippen LogP contribution in [0.15, 0.2) is 48.5 Å². The lowest BCUT2D eigenvalue weighted by Gasteiger charge is -2.26. The first-order valence-corrected chi connectivity index (χ1v) is 12.1. The van der Waals surface area contributed by atoms with E-state index in [0.29, 0.717) is 12.3 Å². The van der Waals surface area contributed by atoms with Crippen LogP contribution < -0.4 is 10.6 Å². The molecule has 0 spiro atoms. The third kappa shape index (κ3) is 6.21. The molecule has 1 saturated carbocycles. The fourth-order valence-electron chi connectivity index (χ4n) is 5.14. The quantitative estimate of drug-likeness (QED) is 0.525. The zero-order valence-corrected chi connectivity index (χ0v) is 19.6. The summed E-state index contributed by atoms with van der Waals surface area (Å²) in [5.74, 6) is 2.99. The Bertz CT molecular complexity index is 1100. The van der Waals surface area contributed by atoms with E-state index in [0.717, 1.165) is 47.9 Å². The van der Waals surface area contributed by atoms with E-state index in [-0.39, 0.29) is 25.0 Å². The highest BCUT2D eigenvalue weighted by atomic mass is 16.5. The molecule has 0 radical (unpaired) electrons. The first-order valence-electron chi connectivity index (χ1n) is 12.1. The number of hydrogen-bond donors (Lipinski definition) is 3. The number of hydrogen-bond acceptors (Lipinski definition) is 4. The molecule has 1 unspecified atom stereocenters. The number of aliphatic carboxylic acids is 1. The Morgan fingerprint density at radius 2 is 1.60 bits per heavy atom. The molecule has 0 bridgehead atoms. The van der Waals surface area contributed by atoms with Crippen molar-refractivity contribution in [2.24, 2.45) is 5.92 Å². The molecule has 35 heavy (non-hydrogen) atoms. The summed E-state index contributed by atoms with van der Waals surface area (Å²) in [4.78, 5) is 36.1. The van der Waals surface area contributed by atoms with Crippen LogP contribution in [0.2, 0.25) is 0 Å². The van der Waals surface area contributed by atoms with Crippen molar-refractivity contribution < 1.29 is 24.2 Å². The maximum Gasteiger partial charge on any atom is 0.407 e. The molecule has 4 rings (SSSR count). The van der Waals surface area contributed by atoms with Gasteiger partial charge in [0.25, 0.3) is 0 Å². The van der Waals surface area contributed by atoms with Crippen molar-refractivity contribution in [2.45, 2.75) is 50.5 Å². The minimum atomic E-state index is -1.25. The highest BCUT2D eigenvalue weighted by Gasteiger charge is 2.30. The van der Waals surface area contributed by atoms with Gasteiger partial charge in [0.15, 0.2) is 0 Å². The van der Waals surface area contributed by atoms with E-state index in [1.165, 1.54) is 6.42 Å². The first kappa shape index (κ1) is 24.3. The summed E-state index contributed by atoms with van der Waals surface area (Å²) >= 11 is 0. The molecule has 182 valence electrons. The van der Waals surface area contributed by atoms with Crippen LogP contribution in [0.4, 0.5) is 4.79 Å². The van der Waals surface area contributed by atoms with Gasteiger partial charge < -0.3 is 20.5 Å². The number of nitrogens with one attached hydrogen (secondary N) is 2. The molecule has 3 N–H and O–H groups in total. The van der Waals surface area contributed by atoms with Crippen molar-refractivity contribution in [3.8, 4) is 23.0 Å². The molecular formula is C28H30N2O5. The number of amides is 2. The van der Waals surface area contributed by atoms with Crippen molar-refractivity contribution in [1.82, 2.24) is 10.6 Å². The Kier molecular flexibility index (Phi) is 8.04. The van der Waals surface area contributed by atoms with E-state index in [9.17, 15) is 14.4 Å². The Balaban J connectivity index is 1.39. The molecule has 1 atom stereocenters. The molecule has 1 fully saturated rings. The van der Waals surface area contributed by atoms with E-state index in [1.807, 2.05) is 30.2 Å². The van der Waals surface area contributed by atoms with Crippen LogP contribution in [0, 0.1) is 17.8 Å². The van der Waals surface area contributed by atoms with Crippen LogP contribution in [0.25, 0.3) is 11.1 Å². The summed E-state index contributed by atoms with van der Waals surface area (Å²) in [5, 5.41) is 14.0. The van der Waals surface area contributed by atoms with Crippen LogP contribution >= 0.6 is 0 Å². The topological polar surface area (TPSA) is 105 Å². The van der Waals surface area contributed by atoms with Crippen molar-refractivity contribution in [3.05, 3.63) is 59.7 Å². The van der Waals surface area contributed by atoms with Gasteiger partial charge >= 0.3 is 12.1 Å². The van der Waals surface area contributed by atoms with Gasteiger partial charge in [-0.25, -0.2) is 9.59 Å². The predicted molar refractivity (Wildman–Crippen MR) is 132 cm³/mol. The molecule has 2 amide bonds. The Hall–Kier alpha value is -3.79. The lowest BCUT2D eigenvalue weighted by Crippen LogP contribution is -2.48. The molecule has 0 aromatic heterocycles. The van der Waals surface area contributed by atoms with Crippen molar-refractivity contribution in [1.29, 1.82) is 0 Å². The number of carbonyl (C=O) groups excluding carboxylic acids is 2. The lowest BCUT2D eigenvalue weighted by atomic mass is 9.84. The van der Waals surface area contributed by atoms with E-state index >= 15 is 0 Å². The Labute approximate surface area is 205 Å². The normalized spacial score (nSPS) is 15.7. The molecule has 0 heterocycles. The van der Waals surface area contributed by atoms with Gasteiger partial charge in [0.05, 0.1) is 6.54 Å². The largest absolute Gasteiger partial charge is 0.472 e. The Morgan fingerprint density at radius 3 is 2.23 bits per heavy atom. The van der Waals surface area contributed by atoms with Gasteiger partial charge in [-0.3, -0.25) is 4.79 Å². The number of ether oxygens (including phenoxy) is 1. The van der Waals surface area contributed by atoms with Crippen LogP contribution in [0.3, 0.4) is 0 Å². The molecule has 2 aromatic rings. The van der Waals surface area contributed by atoms with Gasteiger partial charge in [0, 0.05) is 11.8 Å². The number of carbonyl (C=O) groups is 3. The van der Waals surface area contributed by atoms with Gasteiger partial charge in [-0.2, -0.15) is 0 Å². The summed E-state index contributed by atoms with van der Waals surface area (Å²) in [6.45, 7) is 0.0698. The van der Waals surface area contributed by atoms with Crippen LogP contribution in [-0.2, 0) is 14.3 Å². The second-order valence-electron chi connectivity index (χ2n) is 9.09. The van der Waals surface area contributed by atoms with Gasteiger partial charge in [-0.15, -0.1) is 0 Å². The zero-order chi connectivity index (χ0) is 24.6. The lowest BCUT2D eigenvalue weighted by molar-refractivity contribution is -0.130. The maximum absolute atomic E-state index is 12.8. The number of fused-ring (bicyclic) bond motifs is 3. The summed E-state index contributed by atoms with van der Waals surface area (Å²) in [6, 6.07) is 15.5. The molecule has 7 nitrogen and oxygen atoms in total. The number of rotatable bonds is 7. The van der Waals surface area contributed by atoms with Crippen molar-refractivity contribution >= 4 is 18.0 Å². The number of carboxylic acids is 1. The average molecular weight is 475 g/mol. The third-order valence-electron chi connectivity index (χ3n) is 6.79. The summed E-state index contributed by atoms with van der Waals surface area (Å²) in [6.07, 6.45) is 5.35. The van der Waals surface area contributed by atoms with E-state index in [4.69, 9.17) is 9.84 Å². The minimum absolute atomic E-state index is 0.0648. The Morgan fingerprint density at radius 1 is 0.971 bits per heavy atom. The van der Waals surface area contributed by atoms with Crippen molar-refractivity contribution in [2.75, 3.05) is 13.2 Å². The monoisotopic (exact) mass is 474 g/mol. The van der Waals surface area contributed by atoms with Gasteiger partial charge in [0.1, 0.15) is 12.6 Å². The van der Waals surface area contributed by atoms with Crippen LogP contribution in [0.1, 0.15) is 55.6 Å². The molecule has 2 aliphatic carbocycles. The standard InChI is InChI=1S/C28H30N2O5/c31-26(32)15-8-16-29-27(33)25(17-19-9-2-1-3-10-19)30-28(34)35-18-24-22-13-6-4-11-20(22)21-12-5-7-14-23(21)24/h4-7,11-14,19,24-25H,1-3,9-10,16-18H2,(H,29,33)(H,30,34)(H,31,32). The zero-order valence-electron chi connectivity index (χ0n) is 19.6. The van der Waals surface area contributed by atoms with Crippen molar-refractivity contribution in [3.63, 3.8) is 0 Å². The number of carboxylic acid groups (broad SMARTS) is 1. The molecule has 2 aromatic carbocycles. The third-order valence-corrected chi connectivity index (χ3v) is 6.79. The molecular weight excluding hydrogens is 444 g/mol. The summed E-state index contributed by atoms with van der Waals surface area (Å²) in [7, 11) is 0. The fourth-order valence-corrected chi connectivity index (χ4v) is 5.14. The van der Waals surface area contributed by atoms with Crippen LogP contribution in [-0.4, -0.2) is 42.3 Å². The summed E-state index contributed by atoms with van der Waals surface area (Å²) in [5.41, 5.74) is 4.54. The maximum atomic E-state index is 12.8. The molecule has 2 aliphatic rings. The SMILES string of the molecule is O=C(O)C#CCNC(=O)C(CC1CCCCC1)NC(=O)OCC1c2ccccc2-c2ccccc21. The van der Waals surface area contributed by atoms with Gasteiger partial charge in [-0.05, 0) is 34.6 Å². The molecule has 7 heteroatoms. The molecule has 0 saturated heterocycles. The van der Waals surface area contributed by atoms with Gasteiger partial charge in [-0.1, -0.05) is 86.6 Å². The second-order valence-corrected chi connectivity index (χ2v) is 9.09. The number of alkyl carbamates (subject to hydrolysis) is 1. The fraction of sp³-hybridized carbons (Fsp3) is 0.393. The molecule has 0 aliphatic heterocycles. The van der Waals surface area contributed by atoms with E-state index in [1.54, 1.807) is 0 Å².